The monoisotopic (exact) mass is 279 g/mol. The Morgan fingerprint density at radius 1 is 1.30 bits per heavy atom. The van der Waals surface area contributed by atoms with Gasteiger partial charge in [-0.05, 0) is 30.4 Å². The largest absolute Gasteiger partial charge is 0.478 e. The van der Waals surface area contributed by atoms with E-state index in [0.29, 0.717) is 12.1 Å². The molecule has 0 fully saturated rings. The van der Waals surface area contributed by atoms with Crippen LogP contribution in [0.15, 0.2) is 24.3 Å². The summed E-state index contributed by atoms with van der Waals surface area (Å²) < 4.78 is 0. The van der Waals surface area contributed by atoms with Crippen LogP contribution < -0.4 is 5.32 Å². The number of aliphatic hydroxyl groups is 1. The van der Waals surface area contributed by atoms with E-state index in [-0.39, 0.29) is 30.4 Å². The Balaban J connectivity index is 2.41. The van der Waals surface area contributed by atoms with E-state index in [4.69, 9.17) is 10.2 Å². The maximum atomic E-state index is 11.7. The maximum absolute atomic E-state index is 11.7. The molecular formula is C15H21NO4. The zero-order valence-corrected chi connectivity index (χ0v) is 11.6. The Morgan fingerprint density at radius 3 is 2.65 bits per heavy atom. The number of carbonyl (C=O) groups excluding carboxylic acids is 1. The molecule has 0 bridgehead atoms. The molecule has 0 aliphatic heterocycles. The highest BCUT2D eigenvalue weighted by Gasteiger charge is 2.12. The molecule has 1 aromatic carbocycles. The normalized spacial score (nSPS) is 11.9. The van der Waals surface area contributed by atoms with Gasteiger partial charge in [-0.1, -0.05) is 25.1 Å². The molecule has 0 saturated carbocycles. The minimum absolute atomic E-state index is 0.0675. The summed E-state index contributed by atoms with van der Waals surface area (Å²) in [5, 5.41) is 20.7. The number of aromatic carboxylic acids is 1. The molecule has 110 valence electrons. The predicted octanol–water partition coefficient (Wildman–Crippen LogP) is 1.45. The highest BCUT2D eigenvalue weighted by molar-refractivity contribution is 5.91. The van der Waals surface area contributed by atoms with E-state index in [0.717, 1.165) is 12.8 Å². The molecule has 0 aliphatic carbocycles. The van der Waals surface area contributed by atoms with Gasteiger partial charge in [0.05, 0.1) is 12.0 Å². The number of carboxylic acid groups (broad SMARTS) is 1. The Labute approximate surface area is 118 Å². The van der Waals surface area contributed by atoms with Crippen molar-refractivity contribution in [2.75, 3.05) is 13.2 Å². The second-order valence-corrected chi connectivity index (χ2v) is 4.92. The van der Waals surface area contributed by atoms with Crippen molar-refractivity contribution in [2.45, 2.75) is 26.2 Å². The second kappa shape index (κ2) is 8.32. The summed E-state index contributed by atoms with van der Waals surface area (Å²) in [4.78, 5) is 22.8. The number of carboxylic acids is 1. The first-order valence-electron chi connectivity index (χ1n) is 6.73. The van der Waals surface area contributed by atoms with Crippen LogP contribution in [0.2, 0.25) is 0 Å². The molecular weight excluding hydrogens is 258 g/mol. The van der Waals surface area contributed by atoms with Gasteiger partial charge in [0.2, 0.25) is 5.91 Å². The van der Waals surface area contributed by atoms with Gasteiger partial charge in [-0.3, -0.25) is 4.79 Å². The van der Waals surface area contributed by atoms with Crippen LogP contribution in [0.25, 0.3) is 0 Å². The smallest absolute Gasteiger partial charge is 0.335 e. The molecule has 5 nitrogen and oxygen atoms in total. The van der Waals surface area contributed by atoms with Crippen molar-refractivity contribution in [2.24, 2.45) is 5.92 Å². The van der Waals surface area contributed by atoms with Crippen LogP contribution in [-0.4, -0.2) is 35.2 Å². The van der Waals surface area contributed by atoms with E-state index in [2.05, 4.69) is 5.32 Å². The van der Waals surface area contributed by atoms with E-state index in [1.54, 1.807) is 18.2 Å². The molecule has 0 radical (unpaired) electrons. The summed E-state index contributed by atoms with van der Waals surface area (Å²) in [5.74, 6) is -0.972. The number of carbonyl (C=O) groups is 2. The quantitative estimate of drug-likeness (QED) is 0.629. The molecule has 1 unspecified atom stereocenters. The minimum Gasteiger partial charge on any atom is -0.478 e. The van der Waals surface area contributed by atoms with E-state index in [1.807, 2.05) is 6.92 Å². The van der Waals surface area contributed by atoms with Gasteiger partial charge in [0.1, 0.15) is 0 Å². The molecule has 5 heteroatoms. The van der Waals surface area contributed by atoms with Crippen LogP contribution in [0.5, 0.6) is 0 Å². The van der Waals surface area contributed by atoms with Gasteiger partial charge in [-0.25, -0.2) is 4.79 Å². The molecule has 1 atom stereocenters. The lowest BCUT2D eigenvalue weighted by Gasteiger charge is -2.09. The standard InChI is InChI=1S/C15H21NO4/c1-11(10-17)5-4-8-16-14(18)9-12-6-2-3-7-13(12)15(19)20/h2-3,6-7,11,17H,4-5,8-10H2,1H3,(H,16,18)(H,19,20). The third-order valence-electron chi connectivity index (χ3n) is 3.11. The Bertz CT molecular complexity index is 459. The van der Waals surface area contributed by atoms with Crippen molar-refractivity contribution < 1.29 is 19.8 Å². The van der Waals surface area contributed by atoms with Crippen molar-refractivity contribution in [1.82, 2.24) is 5.32 Å². The van der Waals surface area contributed by atoms with Crippen LogP contribution >= 0.6 is 0 Å². The SMILES string of the molecule is CC(CO)CCCNC(=O)Cc1ccccc1C(=O)O. The predicted molar refractivity (Wildman–Crippen MR) is 75.6 cm³/mol. The van der Waals surface area contributed by atoms with Crippen LogP contribution in [0.1, 0.15) is 35.7 Å². The summed E-state index contributed by atoms with van der Waals surface area (Å²) in [6.07, 6.45) is 1.72. The molecule has 3 N–H and O–H groups in total. The van der Waals surface area contributed by atoms with Gasteiger partial charge in [-0.2, -0.15) is 0 Å². The number of hydrogen-bond acceptors (Lipinski definition) is 3. The maximum Gasteiger partial charge on any atom is 0.335 e. The number of amides is 1. The third-order valence-corrected chi connectivity index (χ3v) is 3.11. The van der Waals surface area contributed by atoms with Crippen LogP contribution in [0.3, 0.4) is 0 Å². The van der Waals surface area contributed by atoms with Gasteiger partial charge >= 0.3 is 5.97 Å². The topological polar surface area (TPSA) is 86.6 Å². The zero-order valence-electron chi connectivity index (χ0n) is 11.6. The number of rotatable bonds is 8. The fourth-order valence-corrected chi connectivity index (χ4v) is 1.89. The summed E-state index contributed by atoms with van der Waals surface area (Å²) in [6.45, 7) is 2.64. The Hall–Kier alpha value is -1.88. The molecule has 20 heavy (non-hydrogen) atoms. The molecule has 0 heterocycles. The number of aliphatic hydroxyl groups excluding tert-OH is 1. The number of nitrogens with one attached hydrogen (secondary N) is 1. The Kier molecular flexibility index (Phi) is 6.73. The summed E-state index contributed by atoms with van der Waals surface area (Å²) in [7, 11) is 0. The highest BCUT2D eigenvalue weighted by atomic mass is 16.4. The highest BCUT2D eigenvalue weighted by Crippen LogP contribution is 2.09. The van der Waals surface area contributed by atoms with Crippen molar-refractivity contribution in [3.05, 3.63) is 35.4 Å². The molecule has 0 saturated heterocycles. The lowest BCUT2D eigenvalue weighted by atomic mass is 10.0. The van der Waals surface area contributed by atoms with Gasteiger partial charge in [0.25, 0.3) is 0 Å². The van der Waals surface area contributed by atoms with E-state index < -0.39 is 5.97 Å². The molecule has 1 aromatic rings. The fraction of sp³-hybridized carbons (Fsp3) is 0.467. The third kappa shape index (κ3) is 5.40. The lowest BCUT2D eigenvalue weighted by Crippen LogP contribution is -2.27. The average molecular weight is 279 g/mol. The first kappa shape index (κ1) is 16.2. The van der Waals surface area contributed by atoms with Crippen LogP contribution in [-0.2, 0) is 11.2 Å². The number of benzene rings is 1. The van der Waals surface area contributed by atoms with Gasteiger partial charge in [0, 0.05) is 13.2 Å². The van der Waals surface area contributed by atoms with Crippen LogP contribution in [0, 0.1) is 5.92 Å². The van der Waals surface area contributed by atoms with Gasteiger partial charge in [0.15, 0.2) is 0 Å². The minimum atomic E-state index is -1.02. The van der Waals surface area contributed by atoms with E-state index >= 15 is 0 Å². The second-order valence-electron chi connectivity index (χ2n) is 4.92. The lowest BCUT2D eigenvalue weighted by molar-refractivity contribution is -0.120. The number of hydrogen-bond donors (Lipinski definition) is 3. The van der Waals surface area contributed by atoms with Gasteiger partial charge < -0.3 is 15.5 Å². The van der Waals surface area contributed by atoms with Gasteiger partial charge in [-0.15, -0.1) is 0 Å². The van der Waals surface area contributed by atoms with Crippen molar-refractivity contribution in [3.63, 3.8) is 0 Å². The van der Waals surface area contributed by atoms with Crippen molar-refractivity contribution in [1.29, 1.82) is 0 Å². The summed E-state index contributed by atoms with van der Waals surface area (Å²) >= 11 is 0. The van der Waals surface area contributed by atoms with E-state index in [9.17, 15) is 9.59 Å². The molecule has 0 spiro atoms. The summed E-state index contributed by atoms with van der Waals surface area (Å²) in [5.41, 5.74) is 0.678. The van der Waals surface area contributed by atoms with E-state index in [1.165, 1.54) is 6.07 Å². The van der Waals surface area contributed by atoms with Crippen molar-refractivity contribution >= 4 is 11.9 Å². The molecule has 1 rings (SSSR count). The van der Waals surface area contributed by atoms with Crippen molar-refractivity contribution in [3.8, 4) is 0 Å². The first-order valence-corrected chi connectivity index (χ1v) is 6.73. The average Bonchev–Trinajstić information content (AvgIpc) is 2.43. The summed E-state index contributed by atoms with van der Waals surface area (Å²) in [6, 6.07) is 6.50. The fourth-order valence-electron chi connectivity index (χ4n) is 1.89. The zero-order chi connectivity index (χ0) is 15.0. The van der Waals surface area contributed by atoms with Crippen LogP contribution in [0.4, 0.5) is 0 Å². The molecule has 1 amide bonds. The first-order chi connectivity index (χ1) is 9.54. The Morgan fingerprint density at radius 2 is 2.00 bits per heavy atom. The molecule has 0 aromatic heterocycles. The molecule has 0 aliphatic rings.